The first-order valence-electron chi connectivity index (χ1n) is 1.75. The van der Waals surface area contributed by atoms with Gasteiger partial charge in [0.15, 0.2) is 0 Å². The molecule has 0 aliphatic heterocycles. The van der Waals surface area contributed by atoms with E-state index in [4.69, 9.17) is 0 Å². The minimum atomic E-state index is -6.00. The number of hydrogen-bond acceptors (Lipinski definition) is 0. The predicted octanol–water partition coefficient (Wildman–Crippen LogP) is -2.73. The van der Waals surface area contributed by atoms with E-state index in [1.165, 1.54) is 0 Å². The first kappa shape index (κ1) is 65.6. The Bertz CT molecular complexity index is 71.0. The molecule has 0 aromatic rings. The molecule has 17 heavy (non-hydrogen) atoms. The molecule has 0 heterocycles. The van der Waals surface area contributed by atoms with Gasteiger partial charge in [-0.25, -0.2) is 0 Å². The summed E-state index contributed by atoms with van der Waals surface area (Å²) in [5.74, 6) is 0. The van der Waals surface area contributed by atoms with Crippen LogP contribution < -0.4 is 0 Å². The van der Waals surface area contributed by atoms with Crippen LogP contribution in [0.5, 0.6) is 0 Å². The quantitative estimate of drug-likeness (QED) is 0.331. The van der Waals surface area contributed by atoms with Gasteiger partial charge in [-0.2, -0.15) is 0 Å². The summed E-state index contributed by atoms with van der Waals surface area (Å²) >= 11 is 0. The van der Waals surface area contributed by atoms with Crippen LogP contribution in [-0.2, 0) is 0 Å². The topological polar surface area (TPSA) is 189 Å². The van der Waals surface area contributed by atoms with Gasteiger partial charge in [-0.1, -0.05) is 0 Å². The molecule has 6 nitrogen and oxygen atoms in total. The van der Waals surface area contributed by atoms with E-state index in [9.17, 15) is 34.5 Å². The Balaban J connectivity index is -0.00000000762. The molecule has 0 unspecified atom stereocenters. The Labute approximate surface area is 119 Å². The number of rotatable bonds is 0. The largest absolute Gasteiger partial charge is 2.00 e. The Morgan fingerprint density at radius 1 is 0.353 bits per heavy atom. The van der Waals surface area contributed by atoms with Crippen molar-refractivity contribution >= 4 is 52.2 Å². The van der Waals surface area contributed by atoms with E-state index in [2.05, 4.69) is 0 Å². The summed E-state index contributed by atoms with van der Waals surface area (Å²) in [6.07, 6.45) is 0. The van der Waals surface area contributed by atoms with Crippen molar-refractivity contribution < 1.29 is 67.4 Å². The molecular weight excluding hydrogens is 310 g/mol. The van der Waals surface area contributed by atoms with Crippen LogP contribution in [0.4, 0.5) is 34.5 Å². The fourth-order valence-electron chi connectivity index (χ4n) is 0. The molecule has 0 aliphatic rings. The van der Waals surface area contributed by atoms with Gasteiger partial charge in [0.1, 0.15) is 0 Å². The van der Waals surface area contributed by atoms with Gasteiger partial charge in [0, 0.05) is 0 Å². The molecule has 0 saturated carbocycles. The maximum Gasteiger partial charge on any atom is 2.00 e. The molecule has 17 heteroatoms. The molecule has 0 aliphatic carbocycles. The Hall–Kier alpha value is 0.590. The summed E-state index contributed by atoms with van der Waals surface area (Å²) in [6.45, 7) is 0. The van der Waals surface area contributed by atoms with Gasteiger partial charge >= 0.3 is 52.2 Å². The summed E-state index contributed by atoms with van der Waals surface area (Å²) in [7, 11) is -12.0. The van der Waals surface area contributed by atoms with E-state index in [0.717, 1.165) is 0 Å². The molecule has 12 N–H and O–H groups in total. The second-order valence-electron chi connectivity index (χ2n) is 0.990. The standard InChI is InChI=1S/2BF4.Ca.6H2O/c2*2-1(3,4)5;;;;;;;/h;;;6*1H2/q2*-1;+2;;;;;;. The van der Waals surface area contributed by atoms with Crippen molar-refractivity contribution in [3.05, 3.63) is 0 Å². The molecule has 0 spiro atoms. The van der Waals surface area contributed by atoms with Crippen LogP contribution in [0, 0.1) is 0 Å². The normalized spacial score (nSPS) is 7.06. The van der Waals surface area contributed by atoms with Crippen molar-refractivity contribution in [2.75, 3.05) is 0 Å². The third kappa shape index (κ3) is 10200. The monoisotopic (exact) mass is 322 g/mol. The zero-order chi connectivity index (χ0) is 9.00. The van der Waals surface area contributed by atoms with Crippen molar-refractivity contribution in [1.29, 1.82) is 0 Å². The Kier molecular flexibility index (Phi) is 98.2. The van der Waals surface area contributed by atoms with Gasteiger partial charge in [0.25, 0.3) is 0 Å². The van der Waals surface area contributed by atoms with Crippen LogP contribution in [0.25, 0.3) is 0 Å². The van der Waals surface area contributed by atoms with Gasteiger partial charge in [-0.3, -0.25) is 0 Å². The minimum absolute atomic E-state index is 0. The Morgan fingerprint density at radius 3 is 0.353 bits per heavy atom. The van der Waals surface area contributed by atoms with Crippen molar-refractivity contribution in [2.45, 2.75) is 0 Å². The van der Waals surface area contributed by atoms with Crippen LogP contribution in [-0.4, -0.2) is 85.1 Å². The third-order valence-electron chi connectivity index (χ3n) is 0. The molecular formula is H12B2CaF8O6. The maximum absolute atomic E-state index is 9.75. The van der Waals surface area contributed by atoms with Crippen molar-refractivity contribution in [3.8, 4) is 0 Å². The second-order valence-corrected chi connectivity index (χ2v) is 0.990. The van der Waals surface area contributed by atoms with E-state index in [1.54, 1.807) is 0 Å². The average molecular weight is 322 g/mol. The van der Waals surface area contributed by atoms with Crippen molar-refractivity contribution in [3.63, 3.8) is 0 Å². The molecule has 0 fully saturated rings. The summed E-state index contributed by atoms with van der Waals surface area (Å²) in [5.41, 5.74) is 0. The van der Waals surface area contributed by atoms with Gasteiger partial charge in [0.2, 0.25) is 0 Å². The van der Waals surface area contributed by atoms with E-state index in [1.807, 2.05) is 0 Å². The summed E-state index contributed by atoms with van der Waals surface area (Å²) in [6, 6.07) is 0. The average Bonchev–Trinajstić information content (AvgIpc) is 1.12. The molecule has 0 saturated heterocycles. The van der Waals surface area contributed by atoms with Crippen LogP contribution in [0.2, 0.25) is 0 Å². The van der Waals surface area contributed by atoms with Crippen LogP contribution in [0.3, 0.4) is 0 Å². The SMILES string of the molecule is F[B-](F)(F)F.F[B-](F)(F)F.O.O.O.O.O.O.[Ca+2]. The minimum Gasteiger partial charge on any atom is -0.418 e. The molecule has 0 aromatic heterocycles. The molecule has 0 atom stereocenters. The van der Waals surface area contributed by atoms with Gasteiger partial charge in [-0.15, -0.1) is 0 Å². The maximum atomic E-state index is 9.75. The van der Waals surface area contributed by atoms with Crippen LogP contribution >= 0.6 is 0 Å². The first-order valence-corrected chi connectivity index (χ1v) is 1.75. The van der Waals surface area contributed by atoms with Crippen LogP contribution in [0.1, 0.15) is 0 Å². The summed E-state index contributed by atoms with van der Waals surface area (Å²) in [4.78, 5) is 0. The molecule has 0 aromatic carbocycles. The zero-order valence-electron chi connectivity index (χ0n) is 7.89. The van der Waals surface area contributed by atoms with E-state index in [0.29, 0.717) is 0 Å². The predicted molar refractivity (Wildman–Crippen MR) is 47.8 cm³/mol. The number of halogens is 8. The molecule has 0 bridgehead atoms. The van der Waals surface area contributed by atoms with E-state index < -0.39 is 14.5 Å². The fraction of sp³-hybridized carbons (Fsp3) is 0. The van der Waals surface area contributed by atoms with Gasteiger partial charge in [0.05, 0.1) is 0 Å². The van der Waals surface area contributed by atoms with Crippen molar-refractivity contribution in [1.82, 2.24) is 0 Å². The van der Waals surface area contributed by atoms with Gasteiger partial charge < -0.3 is 67.4 Å². The smallest absolute Gasteiger partial charge is 0.418 e. The Morgan fingerprint density at radius 2 is 0.353 bits per heavy atom. The molecule has 0 radical (unpaired) electrons. The first-order chi connectivity index (χ1) is 4.00. The van der Waals surface area contributed by atoms with Crippen molar-refractivity contribution in [2.24, 2.45) is 0 Å². The third-order valence-corrected chi connectivity index (χ3v) is 0. The number of hydrogen-bond donors (Lipinski definition) is 0. The van der Waals surface area contributed by atoms with Gasteiger partial charge in [-0.05, 0) is 0 Å². The van der Waals surface area contributed by atoms with E-state index >= 15 is 0 Å². The second kappa shape index (κ2) is 25.4. The fourth-order valence-corrected chi connectivity index (χ4v) is 0. The molecule has 0 amide bonds. The van der Waals surface area contributed by atoms with Crippen LogP contribution in [0.15, 0.2) is 0 Å². The molecule has 112 valence electrons. The summed E-state index contributed by atoms with van der Waals surface area (Å²) in [5, 5.41) is 0. The summed E-state index contributed by atoms with van der Waals surface area (Å²) < 4.78 is 78.0. The molecule has 0 rings (SSSR count). The zero-order valence-corrected chi connectivity index (χ0v) is 10.1. The van der Waals surface area contributed by atoms with E-state index in [-0.39, 0.29) is 70.6 Å².